The van der Waals surface area contributed by atoms with Gasteiger partial charge in [-0.05, 0) is 24.0 Å². The fourth-order valence-corrected chi connectivity index (χ4v) is 1.06. The average molecular weight is 196 g/mol. The number of nitrogen functional groups attached to an aromatic ring is 1. The van der Waals surface area contributed by atoms with Crippen LogP contribution in [-0.4, -0.2) is 4.98 Å². The first-order valence-corrected chi connectivity index (χ1v) is 4.52. The summed E-state index contributed by atoms with van der Waals surface area (Å²) < 4.78 is 10.1. The van der Waals surface area contributed by atoms with Crippen molar-refractivity contribution in [2.75, 3.05) is 5.73 Å². The first kappa shape index (κ1) is 12.6. The zero-order valence-corrected chi connectivity index (χ0v) is 8.70. The second-order valence-electron chi connectivity index (χ2n) is 3.30. The van der Waals surface area contributed by atoms with E-state index in [1.165, 1.54) is 0 Å². The highest BCUT2D eigenvalue weighted by atomic mass is 19.1. The van der Waals surface area contributed by atoms with Gasteiger partial charge in [0.1, 0.15) is 5.82 Å². The van der Waals surface area contributed by atoms with Gasteiger partial charge in [0.05, 0.1) is 6.33 Å². The van der Waals surface area contributed by atoms with Crippen molar-refractivity contribution in [3.8, 4) is 0 Å². The van der Waals surface area contributed by atoms with Gasteiger partial charge in [-0.3, -0.25) is 0 Å². The molecule has 2 nitrogen and oxygen atoms in total. The van der Waals surface area contributed by atoms with Crippen molar-refractivity contribution in [2.24, 2.45) is 5.92 Å². The van der Waals surface area contributed by atoms with Gasteiger partial charge in [-0.1, -0.05) is 26.5 Å². The molecule has 0 atom stereocenters. The van der Waals surface area contributed by atoms with Gasteiger partial charge in [0, 0.05) is 6.20 Å². The van der Waals surface area contributed by atoms with E-state index in [1.54, 1.807) is 6.20 Å². The molecule has 1 heterocycles. The van der Waals surface area contributed by atoms with Crippen LogP contribution in [0, 0.1) is 5.92 Å². The number of pyridine rings is 1. The van der Waals surface area contributed by atoms with Crippen molar-refractivity contribution < 1.29 is 4.39 Å². The molecule has 0 saturated carbocycles. The van der Waals surface area contributed by atoms with Crippen molar-refractivity contribution in [3.05, 3.63) is 36.8 Å². The summed E-state index contributed by atoms with van der Waals surface area (Å²) in [7, 11) is 0. The molecule has 0 bridgehead atoms. The number of hydrogen-bond acceptors (Lipinski definition) is 2. The third kappa shape index (κ3) is 5.30. The molecule has 0 aliphatic carbocycles. The second-order valence-corrected chi connectivity index (χ2v) is 3.30. The predicted octanol–water partition coefficient (Wildman–Crippen LogP) is 2.96. The first-order chi connectivity index (χ1) is 6.61. The second kappa shape index (κ2) is 7.06. The zero-order chi connectivity index (χ0) is 11.0. The van der Waals surface area contributed by atoms with Gasteiger partial charge in [0.15, 0.2) is 0 Å². The summed E-state index contributed by atoms with van der Waals surface area (Å²) >= 11 is 0. The fourth-order valence-electron chi connectivity index (χ4n) is 1.06. The SMILES string of the molecule is C=CF.CC(C)Cc1cccnc1N. The molecule has 1 aromatic heterocycles. The average Bonchev–Trinajstić information content (AvgIpc) is 2.09. The van der Waals surface area contributed by atoms with Gasteiger partial charge in [0.25, 0.3) is 0 Å². The van der Waals surface area contributed by atoms with E-state index < -0.39 is 0 Å². The molecule has 0 amide bonds. The Labute approximate surface area is 84.7 Å². The number of halogens is 1. The Hall–Kier alpha value is -1.38. The zero-order valence-electron chi connectivity index (χ0n) is 8.70. The Morgan fingerprint density at radius 1 is 1.64 bits per heavy atom. The largest absolute Gasteiger partial charge is 0.383 e. The van der Waals surface area contributed by atoms with Crippen molar-refractivity contribution in [1.82, 2.24) is 4.98 Å². The summed E-state index contributed by atoms with van der Waals surface area (Å²) in [5.41, 5.74) is 6.81. The minimum Gasteiger partial charge on any atom is -0.383 e. The maximum Gasteiger partial charge on any atom is 0.126 e. The smallest absolute Gasteiger partial charge is 0.126 e. The molecule has 0 radical (unpaired) electrons. The highest BCUT2D eigenvalue weighted by Crippen LogP contribution is 2.12. The molecule has 0 fully saturated rings. The third-order valence-corrected chi connectivity index (χ3v) is 1.55. The topological polar surface area (TPSA) is 38.9 Å². The van der Waals surface area contributed by atoms with E-state index in [0.29, 0.717) is 11.7 Å². The lowest BCUT2D eigenvalue weighted by atomic mass is 10.0. The molecule has 0 unspecified atom stereocenters. The Balaban J connectivity index is 0.000000500. The van der Waals surface area contributed by atoms with Crippen molar-refractivity contribution in [2.45, 2.75) is 20.3 Å². The molecule has 1 rings (SSSR count). The number of nitrogens with two attached hydrogens (primary N) is 1. The Morgan fingerprint density at radius 2 is 2.21 bits per heavy atom. The highest BCUT2D eigenvalue weighted by Gasteiger charge is 2.00. The first-order valence-electron chi connectivity index (χ1n) is 4.52. The van der Waals surface area contributed by atoms with Gasteiger partial charge in [0.2, 0.25) is 0 Å². The van der Waals surface area contributed by atoms with Crippen LogP contribution in [0.5, 0.6) is 0 Å². The van der Waals surface area contributed by atoms with Crippen LogP contribution in [0.1, 0.15) is 19.4 Å². The van der Waals surface area contributed by atoms with Crippen LogP contribution in [-0.2, 0) is 6.42 Å². The lowest BCUT2D eigenvalue weighted by molar-refractivity contribution is 0.647. The van der Waals surface area contributed by atoms with Gasteiger partial charge in [-0.25, -0.2) is 9.37 Å². The minimum absolute atomic E-state index is 0.250. The van der Waals surface area contributed by atoms with Crippen molar-refractivity contribution in [3.63, 3.8) is 0 Å². The maximum atomic E-state index is 10.1. The van der Waals surface area contributed by atoms with Gasteiger partial charge in [-0.15, -0.1) is 0 Å². The summed E-state index contributed by atoms with van der Waals surface area (Å²) in [6.07, 6.45) is 2.98. The van der Waals surface area contributed by atoms with Crippen molar-refractivity contribution >= 4 is 5.82 Å². The number of rotatable bonds is 2. The molecule has 3 heteroatoms. The molecule has 14 heavy (non-hydrogen) atoms. The van der Waals surface area contributed by atoms with Gasteiger partial charge in [-0.2, -0.15) is 0 Å². The molecule has 0 saturated heterocycles. The van der Waals surface area contributed by atoms with Crippen molar-refractivity contribution in [1.29, 1.82) is 0 Å². The molecule has 0 aliphatic heterocycles. The molecule has 0 spiro atoms. The normalized spacial score (nSPS) is 9.14. The quantitative estimate of drug-likeness (QED) is 0.789. The summed E-state index contributed by atoms with van der Waals surface area (Å²) in [5.74, 6) is 1.31. The van der Waals surface area contributed by atoms with Crippen LogP contribution >= 0.6 is 0 Å². The lowest BCUT2D eigenvalue weighted by Crippen LogP contribution is -2.00. The number of hydrogen-bond donors (Lipinski definition) is 1. The van der Waals surface area contributed by atoms with Gasteiger partial charge >= 0.3 is 0 Å². The van der Waals surface area contributed by atoms with Crippen LogP contribution in [0.15, 0.2) is 31.2 Å². The van der Waals surface area contributed by atoms with Crippen LogP contribution in [0.4, 0.5) is 10.2 Å². The molecule has 78 valence electrons. The van der Waals surface area contributed by atoms with E-state index in [4.69, 9.17) is 5.73 Å². The van der Waals surface area contributed by atoms with E-state index >= 15 is 0 Å². The molecular weight excluding hydrogens is 179 g/mol. The van der Waals surface area contributed by atoms with E-state index in [9.17, 15) is 4.39 Å². The molecular formula is C11H17FN2. The summed E-state index contributed by atoms with van der Waals surface area (Å²) in [5, 5.41) is 0. The van der Waals surface area contributed by atoms with Crippen LogP contribution < -0.4 is 5.73 Å². The lowest BCUT2D eigenvalue weighted by Gasteiger charge is -2.05. The highest BCUT2D eigenvalue weighted by molar-refractivity contribution is 5.38. The Morgan fingerprint density at radius 3 is 2.64 bits per heavy atom. The molecule has 2 N–H and O–H groups in total. The Bertz CT molecular complexity index is 272. The van der Waals surface area contributed by atoms with Crippen LogP contribution in [0.25, 0.3) is 0 Å². The van der Waals surface area contributed by atoms with Crippen LogP contribution in [0.3, 0.4) is 0 Å². The summed E-state index contributed by atoms with van der Waals surface area (Å²) in [6, 6.07) is 3.95. The predicted molar refractivity (Wildman–Crippen MR) is 58.5 cm³/mol. The molecule has 0 aromatic carbocycles. The van der Waals surface area contributed by atoms with E-state index in [-0.39, 0.29) is 6.33 Å². The number of aromatic nitrogens is 1. The maximum absolute atomic E-state index is 10.1. The van der Waals surface area contributed by atoms with Gasteiger partial charge < -0.3 is 5.73 Å². The van der Waals surface area contributed by atoms with E-state index in [2.05, 4.69) is 25.4 Å². The molecule has 1 aromatic rings. The number of nitrogens with zero attached hydrogens (tertiary/aromatic N) is 1. The van der Waals surface area contributed by atoms with E-state index in [0.717, 1.165) is 12.0 Å². The standard InChI is InChI=1S/C9H14N2.C2H3F/c1-7(2)6-8-4-3-5-11-9(8)10;1-2-3/h3-5,7H,6H2,1-2H3,(H2,10,11);2H,1H2. The third-order valence-electron chi connectivity index (χ3n) is 1.55. The van der Waals surface area contributed by atoms with E-state index in [1.807, 2.05) is 12.1 Å². The summed E-state index contributed by atoms with van der Waals surface area (Å²) in [6.45, 7) is 7.04. The fraction of sp³-hybridized carbons (Fsp3) is 0.364. The monoisotopic (exact) mass is 196 g/mol. The number of anilines is 1. The minimum atomic E-state index is 0.250. The Kier molecular flexibility index (Phi) is 6.37. The molecule has 0 aliphatic rings. The summed E-state index contributed by atoms with van der Waals surface area (Å²) in [4.78, 5) is 4.01. The van der Waals surface area contributed by atoms with Crippen LogP contribution in [0.2, 0.25) is 0 Å².